The molecule has 1 amide bonds. The van der Waals surface area contributed by atoms with Gasteiger partial charge in [0.2, 0.25) is 5.91 Å². The number of rotatable bonds is 8. The molecule has 116 valence electrons. The first-order valence-electron chi connectivity index (χ1n) is 7.10. The molecular weight excluding hydrogens is 270 g/mol. The summed E-state index contributed by atoms with van der Waals surface area (Å²) in [6.45, 7) is 6.00. The molecule has 1 atom stereocenters. The Bertz CT molecular complexity index is 485. The van der Waals surface area contributed by atoms with Crippen LogP contribution in [0.3, 0.4) is 0 Å². The van der Waals surface area contributed by atoms with Crippen LogP contribution < -0.4 is 10.1 Å². The Morgan fingerprint density at radius 3 is 2.52 bits per heavy atom. The zero-order chi connectivity index (χ0) is 15.8. The molecule has 21 heavy (non-hydrogen) atoms. The Hall–Kier alpha value is -2.04. The molecule has 0 saturated heterocycles. The fourth-order valence-electron chi connectivity index (χ4n) is 1.93. The Morgan fingerprint density at radius 2 is 1.95 bits per heavy atom. The lowest BCUT2D eigenvalue weighted by atomic mass is 10.0. The highest BCUT2D eigenvalue weighted by molar-refractivity contribution is 5.83. The minimum atomic E-state index is -1.00. The topological polar surface area (TPSA) is 75.6 Å². The normalized spacial score (nSPS) is 12.0. The van der Waals surface area contributed by atoms with E-state index in [0.717, 1.165) is 11.3 Å². The summed E-state index contributed by atoms with van der Waals surface area (Å²) >= 11 is 0. The third-order valence-electron chi connectivity index (χ3n) is 3.02. The molecule has 0 aliphatic heterocycles. The molecule has 0 heterocycles. The second-order valence-electron chi connectivity index (χ2n) is 5.45. The van der Waals surface area contributed by atoms with Crippen LogP contribution in [-0.4, -0.2) is 29.6 Å². The minimum Gasteiger partial charge on any atom is -0.493 e. The number of carbonyl (C=O) groups excluding carboxylic acids is 1. The first-order chi connectivity index (χ1) is 9.90. The summed E-state index contributed by atoms with van der Waals surface area (Å²) in [4.78, 5) is 22.8. The van der Waals surface area contributed by atoms with Crippen LogP contribution in [0.5, 0.6) is 5.75 Å². The average Bonchev–Trinajstić information content (AvgIpc) is 2.39. The Balaban J connectivity index is 2.39. The number of aliphatic carboxylic acids is 1. The number of benzene rings is 1. The van der Waals surface area contributed by atoms with E-state index in [1.807, 2.05) is 45.0 Å². The second kappa shape index (κ2) is 8.29. The van der Waals surface area contributed by atoms with E-state index in [0.29, 0.717) is 6.42 Å². The van der Waals surface area contributed by atoms with Gasteiger partial charge in [-0.05, 0) is 30.9 Å². The largest absolute Gasteiger partial charge is 0.493 e. The second-order valence-corrected chi connectivity index (χ2v) is 5.45. The van der Waals surface area contributed by atoms with E-state index >= 15 is 0 Å². The predicted molar refractivity (Wildman–Crippen MR) is 80.3 cm³/mol. The molecule has 0 saturated carbocycles. The van der Waals surface area contributed by atoms with Crippen LogP contribution >= 0.6 is 0 Å². The quantitative estimate of drug-likeness (QED) is 0.771. The van der Waals surface area contributed by atoms with Gasteiger partial charge in [-0.25, -0.2) is 4.79 Å². The molecule has 0 spiro atoms. The van der Waals surface area contributed by atoms with Gasteiger partial charge in [-0.15, -0.1) is 0 Å². The molecule has 0 aliphatic rings. The number of carboxylic acids is 1. The minimum absolute atomic E-state index is 0.135. The molecule has 0 aromatic heterocycles. The van der Waals surface area contributed by atoms with Crippen LogP contribution in [0.25, 0.3) is 0 Å². The van der Waals surface area contributed by atoms with Gasteiger partial charge in [0.1, 0.15) is 11.8 Å². The van der Waals surface area contributed by atoms with Crippen molar-refractivity contribution in [2.75, 3.05) is 6.61 Å². The third-order valence-corrected chi connectivity index (χ3v) is 3.02. The zero-order valence-corrected chi connectivity index (χ0v) is 12.8. The van der Waals surface area contributed by atoms with Gasteiger partial charge >= 0.3 is 5.97 Å². The molecule has 0 bridgehead atoms. The maximum Gasteiger partial charge on any atom is 0.326 e. The van der Waals surface area contributed by atoms with Gasteiger partial charge in [0.15, 0.2) is 0 Å². The van der Waals surface area contributed by atoms with Crippen molar-refractivity contribution >= 4 is 11.9 Å². The van der Waals surface area contributed by atoms with Crippen LogP contribution in [0.1, 0.15) is 32.3 Å². The molecule has 1 aromatic rings. The van der Waals surface area contributed by atoms with Crippen molar-refractivity contribution in [3.8, 4) is 5.75 Å². The SMILES string of the molecule is Cc1ccccc1OCCC(=O)NC(CC(C)C)C(=O)O. The van der Waals surface area contributed by atoms with Crippen LogP contribution in [0, 0.1) is 12.8 Å². The Morgan fingerprint density at radius 1 is 1.29 bits per heavy atom. The lowest BCUT2D eigenvalue weighted by Gasteiger charge is -2.16. The van der Waals surface area contributed by atoms with Gasteiger partial charge in [0.05, 0.1) is 13.0 Å². The van der Waals surface area contributed by atoms with Crippen LogP contribution in [0.2, 0.25) is 0 Å². The van der Waals surface area contributed by atoms with Crippen molar-refractivity contribution in [2.45, 2.75) is 39.7 Å². The Labute approximate surface area is 125 Å². The van der Waals surface area contributed by atoms with Gasteiger partial charge in [0, 0.05) is 0 Å². The van der Waals surface area contributed by atoms with E-state index in [1.54, 1.807) is 0 Å². The van der Waals surface area contributed by atoms with Crippen molar-refractivity contribution in [1.82, 2.24) is 5.32 Å². The number of hydrogen-bond acceptors (Lipinski definition) is 3. The summed E-state index contributed by atoms with van der Waals surface area (Å²) in [7, 11) is 0. The fraction of sp³-hybridized carbons (Fsp3) is 0.500. The summed E-state index contributed by atoms with van der Waals surface area (Å²) in [5, 5.41) is 11.6. The zero-order valence-electron chi connectivity index (χ0n) is 12.8. The molecule has 5 nitrogen and oxygen atoms in total. The molecule has 1 aromatic carbocycles. The van der Waals surface area contributed by atoms with Crippen molar-refractivity contribution in [2.24, 2.45) is 5.92 Å². The number of para-hydroxylation sites is 1. The Kier molecular flexibility index (Phi) is 6.72. The summed E-state index contributed by atoms with van der Waals surface area (Å²) in [5.41, 5.74) is 1.00. The molecule has 1 unspecified atom stereocenters. The number of aryl methyl sites for hydroxylation is 1. The molecular formula is C16H23NO4. The predicted octanol–water partition coefficient (Wildman–Crippen LogP) is 2.38. The number of ether oxygens (including phenoxy) is 1. The van der Waals surface area contributed by atoms with E-state index in [4.69, 9.17) is 9.84 Å². The van der Waals surface area contributed by atoms with Crippen molar-refractivity contribution in [3.05, 3.63) is 29.8 Å². The summed E-state index contributed by atoms with van der Waals surface area (Å²) in [6, 6.07) is 6.71. The van der Waals surface area contributed by atoms with Gasteiger partial charge in [-0.1, -0.05) is 32.0 Å². The van der Waals surface area contributed by atoms with Crippen molar-refractivity contribution in [1.29, 1.82) is 0 Å². The standard InChI is InChI=1S/C16H23NO4/c1-11(2)10-13(16(19)20)17-15(18)8-9-21-14-7-5-4-6-12(14)3/h4-7,11,13H,8-10H2,1-3H3,(H,17,18)(H,19,20). The molecule has 0 fully saturated rings. The fourth-order valence-corrected chi connectivity index (χ4v) is 1.93. The molecule has 0 radical (unpaired) electrons. The van der Waals surface area contributed by atoms with Crippen molar-refractivity contribution in [3.63, 3.8) is 0 Å². The summed E-state index contributed by atoms with van der Waals surface area (Å²) in [5.74, 6) is -0.370. The van der Waals surface area contributed by atoms with Crippen molar-refractivity contribution < 1.29 is 19.4 Å². The summed E-state index contributed by atoms with van der Waals surface area (Å²) in [6.07, 6.45) is 0.552. The van der Waals surface area contributed by atoms with Gasteiger partial charge in [-0.3, -0.25) is 4.79 Å². The third kappa shape index (κ3) is 6.29. The number of amides is 1. The highest BCUT2D eigenvalue weighted by Gasteiger charge is 2.20. The van der Waals surface area contributed by atoms with E-state index in [1.165, 1.54) is 0 Å². The highest BCUT2D eigenvalue weighted by Crippen LogP contribution is 2.16. The summed E-state index contributed by atoms with van der Waals surface area (Å²) < 4.78 is 5.52. The van der Waals surface area contributed by atoms with Crippen LogP contribution in [0.4, 0.5) is 0 Å². The number of carbonyl (C=O) groups is 2. The molecule has 2 N–H and O–H groups in total. The first-order valence-corrected chi connectivity index (χ1v) is 7.10. The van der Waals surface area contributed by atoms with E-state index < -0.39 is 12.0 Å². The molecule has 1 rings (SSSR count). The lowest BCUT2D eigenvalue weighted by molar-refractivity contribution is -0.142. The number of carboxylic acid groups (broad SMARTS) is 1. The van der Waals surface area contributed by atoms with Crippen LogP contribution in [-0.2, 0) is 9.59 Å². The maximum atomic E-state index is 11.8. The lowest BCUT2D eigenvalue weighted by Crippen LogP contribution is -2.42. The first kappa shape index (κ1) is 17.0. The molecule has 0 aliphatic carbocycles. The maximum absolute atomic E-state index is 11.8. The monoisotopic (exact) mass is 293 g/mol. The highest BCUT2D eigenvalue weighted by atomic mass is 16.5. The van der Waals surface area contributed by atoms with Gasteiger partial charge < -0.3 is 15.2 Å². The molecule has 5 heteroatoms. The van der Waals surface area contributed by atoms with Crippen LogP contribution in [0.15, 0.2) is 24.3 Å². The smallest absolute Gasteiger partial charge is 0.326 e. The number of nitrogens with one attached hydrogen (secondary N) is 1. The average molecular weight is 293 g/mol. The van der Waals surface area contributed by atoms with E-state index in [2.05, 4.69) is 5.32 Å². The van der Waals surface area contributed by atoms with Gasteiger partial charge in [-0.2, -0.15) is 0 Å². The van der Waals surface area contributed by atoms with E-state index in [-0.39, 0.29) is 24.9 Å². The van der Waals surface area contributed by atoms with E-state index in [9.17, 15) is 9.59 Å². The van der Waals surface area contributed by atoms with Gasteiger partial charge in [0.25, 0.3) is 0 Å². The number of hydrogen-bond donors (Lipinski definition) is 2.